The van der Waals surface area contributed by atoms with Gasteiger partial charge in [0.2, 0.25) is 5.88 Å². The first kappa shape index (κ1) is 14.0. The SMILES string of the molecule is CNC(C)c1ccc(Oc2ccc(Br)c(F)c2)nc1. The van der Waals surface area contributed by atoms with E-state index in [1.807, 2.05) is 20.0 Å². The summed E-state index contributed by atoms with van der Waals surface area (Å²) in [6.07, 6.45) is 1.74. The summed E-state index contributed by atoms with van der Waals surface area (Å²) in [6, 6.07) is 8.52. The summed E-state index contributed by atoms with van der Waals surface area (Å²) < 4.78 is 19.2. The van der Waals surface area contributed by atoms with Crippen LogP contribution in [0.15, 0.2) is 41.0 Å². The summed E-state index contributed by atoms with van der Waals surface area (Å²) in [5, 5.41) is 3.13. The molecule has 0 saturated heterocycles. The molecule has 0 fully saturated rings. The van der Waals surface area contributed by atoms with Crippen molar-refractivity contribution in [1.82, 2.24) is 10.3 Å². The Morgan fingerprint density at radius 2 is 2.11 bits per heavy atom. The Morgan fingerprint density at radius 1 is 1.32 bits per heavy atom. The number of halogens is 2. The van der Waals surface area contributed by atoms with Crippen LogP contribution >= 0.6 is 15.9 Å². The monoisotopic (exact) mass is 324 g/mol. The van der Waals surface area contributed by atoms with Gasteiger partial charge in [0.1, 0.15) is 11.6 Å². The first-order valence-electron chi connectivity index (χ1n) is 5.86. The molecule has 5 heteroatoms. The van der Waals surface area contributed by atoms with E-state index in [0.29, 0.717) is 16.1 Å². The average Bonchev–Trinajstić information content (AvgIpc) is 2.43. The lowest BCUT2D eigenvalue weighted by Gasteiger charge is -2.11. The van der Waals surface area contributed by atoms with E-state index in [1.54, 1.807) is 24.4 Å². The molecule has 0 aliphatic heterocycles. The summed E-state index contributed by atoms with van der Waals surface area (Å²) in [5.41, 5.74) is 1.07. The smallest absolute Gasteiger partial charge is 0.219 e. The Bertz CT molecular complexity index is 560. The number of benzene rings is 1. The second kappa shape index (κ2) is 6.12. The van der Waals surface area contributed by atoms with Crippen molar-refractivity contribution in [3.05, 3.63) is 52.4 Å². The maximum atomic E-state index is 13.3. The maximum absolute atomic E-state index is 13.3. The molecule has 0 amide bonds. The molecule has 0 spiro atoms. The molecule has 1 heterocycles. The Kier molecular flexibility index (Phi) is 4.50. The molecule has 2 aromatic rings. The van der Waals surface area contributed by atoms with Gasteiger partial charge >= 0.3 is 0 Å². The third kappa shape index (κ3) is 3.52. The number of ether oxygens (including phenoxy) is 1. The fourth-order valence-corrected chi connectivity index (χ4v) is 1.78. The van der Waals surface area contributed by atoms with Gasteiger partial charge in [-0.3, -0.25) is 0 Å². The molecule has 100 valence electrons. The third-order valence-corrected chi connectivity index (χ3v) is 3.45. The van der Waals surface area contributed by atoms with E-state index < -0.39 is 0 Å². The van der Waals surface area contributed by atoms with Crippen molar-refractivity contribution in [3.63, 3.8) is 0 Å². The largest absolute Gasteiger partial charge is 0.439 e. The van der Waals surface area contributed by atoms with Crippen LogP contribution in [0, 0.1) is 5.82 Å². The maximum Gasteiger partial charge on any atom is 0.219 e. The van der Waals surface area contributed by atoms with Gasteiger partial charge < -0.3 is 10.1 Å². The summed E-state index contributed by atoms with van der Waals surface area (Å²) in [5.74, 6) is 0.495. The molecule has 0 radical (unpaired) electrons. The van der Waals surface area contributed by atoms with Crippen LogP contribution in [0.3, 0.4) is 0 Å². The second-order valence-electron chi connectivity index (χ2n) is 4.12. The van der Waals surface area contributed by atoms with Crippen molar-refractivity contribution in [2.75, 3.05) is 7.05 Å². The van der Waals surface area contributed by atoms with Crippen molar-refractivity contribution in [1.29, 1.82) is 0 Å². The zero-order chi connectivity index (χ0) is 13.8. The Morgan fingerprint density at radius 3 is 2.68 bits per heavy atom. The van der Waals surface area contributed by atoms with E-state index in [-0.39, 0.29) is 11.9 Å². The van der Waals surface area contributed by atoms with Gasteiger partial charge in [-0.1, -0.05) is 6.07 Å². The van der Waals surface area contributed by atoms with Gasteiger partial charge in [-0.05, 0) is 47.6 Å². The van der Waals surface area contributed by atoms with Gasteiger partial charge in [0, 0.05) is 24.4 Å². The van der Waals surface area contributed by atoms with Gasteiger partial charge in [-0.25, -0.2) is 9.37 Å². The molecule has 1 aromatic carbocycles. The van der Waals surface area contributed by atoms with Crippen LogP contribution in [0.1, 0.15) is 18.5 Å². The lowest BCUT2D eigenvalue weighted by Crippen LogP contribution is -2.12. The molecular weight excluding hydrogens is 311 g/mol. The Hall–Kier alpha value is -1.46. The first-order valence-corrected chi connectivity index (χ1v) is 6.65. The van der Waals surface area contributed by atoms with Crippen molar-refractivity contribution in [2.45, 2.75) is 13.0 Å². The number of hydrogen-bond donors (Lipinski definition) is 1. The zero-order valence-electron chi connectivity index (χ0n) is 10.7. The summed E-state index contributed by atoms with van der Waals surface area (Å²) >= 11 is 3.10. The van der Waals surface area contributed by atoms with Crippen molar-refractivity contribution in [2.24, 2.45) is 0 Å². The van der Waals surface area contributed by atoms with Crippen LogP contribution in [0.4, 0.5) is 4.39 Å². The molecule has 2 rings (SSSR count). The average molecular weight is 325 g/mol. The highest BCUT2D eigenvalue weighted by molar-refractivity contribution is 9.10. The quantitative estimate of drug-likeness (QED) is 0.921. The molecule has 0 bridgehead atoms. The topological polar surface area (TPSA) is 34.1 Å². The van der Waals surface area contributed by atoms with Crippen LogP contribution in [0.2, 0.25) is 0 Å². The lowest BCUT2D eigenvalue weighted by atomic mass is 10.1. The fraction of sp³-hybridized carbons (Fsp3) is 0.214. The minimum atomic E-state index is -0.363. The predicted octanol–water partition coefficient (Wildman–Crippen LogP) is 4.06. The van der Waals surface area contributed by atoms with E-state index in [2.05, 4.69) is 26.2 Å². The van der Waals surface area contributed by atoms with Gasteiger partial charge in [-0.2, -0.15) is 0 Å². The number of pyridine rings is 1. The molecule has 0 aliphatic rings. The molecule has 1 N–H and O–H groups in total. The highest BCUT2D eigenvalue weighted by atomic mass is 79.9. The van der Waals surface area contributed by atoms with E-state index in [0.717, 1.165) is 5.56 Å². The molecule has 1 unspecified atom stereocenters. The van der Waals surface area contributed by atoms with E-state index in [4.69, 9.17) is 4.74 Å². The number of rotatable bonds is 4. The minimum Gasteiger partial charge on any atom is -0.439 e. The zero-order valence-corrected chi connectivity index (χ0v) is 12.2. The van der Waals surface area contributed by atoms with Crippen molar-refractivity contribution in [3.8, 4) is 11.6 Å². The van der Waals surface area contributed by atoms with E-state index >= 15 is 0 Å². The number of aromatic nitrogens is 1. The number of nitrogens with one attached hydrogen (secondary N) is 1. The Labute approximate surface area is 119 Å². The van der Waals surface area contributed by atoms with Gasteiger partial charge in [0.05, 0.1) is 4.47 Å². The first-order chi connectivity index (χ1) is 9.10. The molecule has 19 heavy (non-hydrogen) atoms. The second-order valence-corrected chi connectivity index (χ2v) is 4.97. The highest BCUT2D eigenvalue weighted by Crippen LogP contribution is 2.25. The van der Waals surface area contributed by atoms with Crippen molar-refractivity contribution >= 4 is 15.9 Å². The number of nitrogens with zero attached hydrogens (tertiary/aromatic N) is 1. The molecule has 1 aromatic heterocycles. The van der Waals surface area contributed by atoms with Gasteiger partial charge in [-0.15, -0.1) is 0 Å². The van der Waals surface area contributed by atoms with Crippen molar-refractivity contribution < 1.29 is 9.13 Å². The molecule has 1 atom stereocenters. The molecule has 3 nitrogen and oxygen atoms in total. The molecule has 0 saturated carbocycles. The Balaban J connectivity index is 2.12. The van der Waals surface area contributed by atoms with Gasteiger partial charge in [0.15, 0.2) is 0 Å². The molecule has 0 aliphatic carbocycles. The normalized spacial score (nSPS) is 12.2. The molecular formula is C14H14BrFN2O. The van der Waals surface area contributed by atoms with E-state index in [1.165, 1.54) is 6.07 Å². The van der Waals surface area contributed by atoms with Crippen LogP contribution in [0.5, 0.6) is 11.6 Å². The summed E-state index contributed by atoms with van der Waals surface area (Å²) in [4.78, 5) is 4.20. The number of hydrogen-bond acceptors (Lipinski definition) is 3. The van der Waals surface area contributed by atoms with Crippen LogP contribution in [-0.4, -0.2) is 12.0 Å². The minimum absolute atomic E-state index is 0.228. The standard InChI is InChI=1S/C14H14BrFN2O/c1-9(17-2)10-3-6-14(18-8-10)19-11-4-5-12(15)13(16)7-11/h3-9,17H,1-2H3. The van der Waals surface area contributed by atoms with Crippen LogP contribution in [-0.2, 0) is 0 Å². The fourth-order valence-electron chi connectivity index (χ4n) is 1.54. The van der Waals surface area contributed by atoms with Crippen LogP contribution in [0.25, 0.3) is 0 Å². The lowest BCUT2D eigenvalue weighted by molar-refractivity contribution is 0.456. The van der Waals surface area contributed by atoms with E-state index in [9.17, 15) is 4.39 Å². The summed E-state index contributed by atoms with van der Waals surface area (Å²) in [7, 11) is 1.89. The highest BCUT2D eigenvalue weighted by Gasteiger charge is 2.06. The third-order valence-electron chi connectivity index (χ3n) is 2.81. The predicted molar refractivity (Wildman–Crippen MR) is 75.9 cm³/mol. The summed E-state index contributed by atoms with van der Waals surface area (Å²) in [6.45, 7) is 2.04. The van der Waals surface area contributed by atoms with Crippen LogP contribution < -0.4 is 10.1 Å². The van der Waals surface area contributed by atoms with Gasteiger partial charge in [0.25, 0.3) is 0 Å².